The van der Waals surface area contributed by atoms with Crippen molar-refractivity contribution in [3.8, 4) is 11.5 Å². The molecule has 8 nitrogen and oxygen atoms in total. The summed E-state index contributed by atoms with van der Waals surface area (Å²) in [5.74, 6) is -0.236. The SMILES string of the molecule is COC(=O)[C@H](Cc1ccccc1)NC(=O)C[C@@H](C)CC(=O)Nc1ccc(OC)cc1OC. The van der Waals surface area contributed by atoms with Crippen LogP contribution in [0.1, 0.15) is 25.3 Å². The van der Waals surface area contributed by atoms with Crippen molar-refractivity contribution >= 4 is 23.5 Å². The van der Waals surface area contributed by atoms with Gasteiger partial charge in [0.1, 0.15) is 17.5 Å². The lowest BCUT2D eigenvalue weighted by Gasteiger charge is -2.18. The number of carbonyl (C=O) groups excluding carboxylic acids is 3. The molecule has 0 aliphatic carbocycles. The normalized spacial score (nSPS) is 12.2. The fourth-order valence-electron chi connectivity index (χ4n) is 3.25. The highest BCUT2D eigenvalue weighted by Crippen LogP contribution is 2.29. The lowest BCUT2D eigenvalue weighted by atomic mass is 10.0. The first-order chi connectivity index (χ1) is 15.4. The van der Waals surface area contributed by atoms with Crippen molar-refractivity contribution in [3.63, 3.8) is 0 Å². The van der Waals surface area contributed by atoms with E-state index in [9.17, 15) is 14.4 Å². The Balaban J connectivity index is 1.90. The van der Waals surface area contributed by atoms with E-state index in [1.807, 2.05) is 30.3 Å². The number of carbonyl (C=O) groups is 3. The highest BCUT2D eigenvalue weighted by atomic mass is 16.5. The molecule has 0 aliphatic rings. The molecule has 32 heavy (non-hydrogen) atoms. The molecular formula is C24H30N2O6. The number of rotatable bonds is 11. The summed E-state index contributed by atoms with van der Waals surface area (Å²) >= 11 is 0. The highest BCUT2D eigenvalue weighted by molar-refractivity contribution is 5.93. The highest BCUT2D eigenvalue weighted by Gasteiger charge is 2.23. The average Bonchev–Trinajstić information content (AvgIpc) is 2.78. The van der Waals surface area contributed by atoms with Gasteiger partial charge in [-0.2, -0.15) is 0 Å². The van der Waals surface area contributed by atoms with Gasteiger partial charge in [-0.05, 0) is 23.6 Å². The van der Waals surface area contributed by atoms with Crippen LogP contribution < -0.4 is 20.1 Å². The molecule has 0 aromatic heterocycles. The lowest BCUT2D eigenvalue weighted by Crippen LogP contribution is -2.43. The van der Waals surface area contributed by atoms with Gasteiger partial charge in [-0.1, -0.05) is 37.3 Å². The zero-order valence-corrected chi connectivity index (χ0v) is 18.8. The number of methoxy groups -OCH3 is 3. The van der Waals surface area contributed by atoms with Gasteiger partial charge >= 0.3 is 5.97 Å². The molecule has 2 N–H and O–H groups in total. The molecule has 2 rings (SSSR count). The zero-order valence-electron chi connectivity index (χ0n) is 18.8. The molecule has 0 radical (unpaired) electrons. The molecule has 0 bridgehead atoms. The fraction of sp³-hybridized carbons (Fsp3) is 0.375. The van der Waals surface area contributed by atoms with Crippen molar-refractivity contribution in [2.75, 3.05) is 26.6 Å². The van der Waals surface area contributed by atoms with Gasteiger partial charge < -0.3 is 24.8 Å². The van der Waals surface area contributed by atoms with E-state index in [1.165, 1.54) is 14.2 Å². The Morgan fingerprint density at radius 3 is 2.22 bits per heavy atom. The molecule has 0 saturated carbocycles. The van der Waals surface area contributed by atoms with E-state index < -0.39 is 12.0 Å². The van der Waals surface area contributed by atoms with E-state index in [0.717, 1.165) is 5.56 Å². The van der Waals surface area contributed by atoms with E-state index >= 15 is 0 Å². The van der Waals surface area contributed by atoms with Crippen LogP contribution in [-0.4, -0.2) is 45.2 Å². The molecule has 0 aliphatic heterocycles. The van der Waals surface area contributed by atoms with Gasteiger partial charge in [-0.3, -0.25) is 9.59 Å². The number of hydrogen-bond donors (Lipinski definition) is 2. The summed E-state index contributed by atoms with van der Waals surface area (Å²) in [6.45, 7) is 1.80. The summed E-state index contributed by atoms with van der Waals surface area (Å²) in [4.78, 5) is 37.0. The van der Waals surface area contributed by atoms with Crippen molar-refractivity contribution in [3.05, 3.63) is 54.1 Å². The predicted octanol–water partition coefficient (Wildman–Crippen LogP) is 2.96. The Labute approximate surface area is 188 Å². The van der Waals surface area contributed by atoms with E-state index in [2.05, 4.69) is 10.6 Å². The molecule has 2 amide bonds. The van der Waals surface area contributed by atoms with Gasteiger partial charge in [-0.25, -0.2) is 4.79 Å². The lowest BCUT2D eigenvalue weighted by molar-refractivity contribution is -0.145. The van der Waals surface area contributed by atoms with Gasteiger partial charge in [0, 0.05) is 25.3 Å². The van der Waals surface area contributed by atoms with Crippen LogP contribution in [0.5, 0.6) is 11.5 Å². The number of benzene rings is 2. The van der Waals surface area contributed by atoms with Gasteiger partial charge in [0.15, 0.2) is 0 Å². The number of hydrogen-bond acceptors (Lipinski definition) is 6. The number of ether oxygens (including phenoxy) is 3. The molecule has 0 spiro atoms. The maximum atomic E-state index is 12.5. The second-order valence-corrected chi connectivity index (χ2v) is 7.46. The van der Waals surface area contributed by atoms with Crippen LogP contribution in [0.15, 0.2) is 48.5 Å². The van der Waals surface area contributed by atoms with Crippen molar-refractivity contribution in [2.45, 2.75) is 32.2 Å². The fourth-order valence-corrected chi connectivity index (χ4v) is 3.25. The quantitative estimate of drug-likeness (QED) is 0.519. The zero-order chi connectivity index (χ0) is 23.5. The first kappa shape index (κ1) is 24.7. The number of amides is 2. The molecule has 0 heterocycles. The summed E-state index contributed by atoms with van der Waals surface area (Å²) in [6.07, 6.45) is 0.547. The third-order valence-electron chi connectivity index (χ3n) is 4.85. The van der Waals surface area contributed by atoms with E-state index in [4.69, 9.17) is 14.2 Å². The third-order valence-corrected chi connectivity index (χ3v) is 4.85. The minimum absolute atomic E-state index is 0.0927. The smallest absolute Gasteiger partial charge is 0.328 e. The van der Waals surface area contributed by atoms with Crippen LogP contribution in [0.4, 0.5) is 5.69 Å². The standard InChI is InChI=1S/C24H30N2O6/c1-16(12-22(27)25-19-11-10-18(30-2)15-21(19)31-3)13-23(28)26-20(24(29)32-4)14-17-8-6-5-7-9-17/h5-11,15-16,20H,12-14H2,1-4H3,(H,25,27)(H,26,28)/t16-,20-/m0/s1. The van der Waals surface area contributed by atoms with Crippen LogP contribution in [-0.2, 0) is 25.5 Å². The minimum Gasteiger partial charge on any atom is -0.497 e. The Morgan fingerprint density at radius 1 is 0.906 bits per heavy atom. The first-order valence-electron chi connectivity index (χ1n) is 10.3. The monoisotopic (exact) mass is 442 g/mol. The Bertz CT molecular complexity index is 916. The molecule has 0 unspecified atom stereocenters. The molecule has 0 fully saturated rings. The molecule has 8 heteroatoms. The predicted molar refractivity (Wildman–Crippen MR) is 121 cm³/mol. The van der Waals surface area contributed by atoms with Gasteiger partial charge in [0.05, 0.1) is 27.0 Å². The van der Waals surface area contributed by atoms with Crippen molar-refractivity contribution in [2.24, 2.45) is 5.92 Å². The summed E-state index contributed by atoms with van der Waals surface area (Å²) < 4.78 is 15.3. The van der Waals surface area contributed by atoms with Crippen molar-refractivity contribution in [1.29, 1.82) is 0 Å². The first-order valence-corrected chi connectivity index (χ1v) is 10.3. The van der Waals surface area contributed by atoms with Crippen LogP contribution in [0.3, 0.4) is 0 Å². The number of esters is 1. The van der Waals surface area contributed by atoms with Gasteiger partial charge in [-0.15, -0.1) is 0 Å². The summed E-state index contributed by atoms with van der Waals surface area (Å²) in [7, 11) is 4.34. The van der Waals surface area contributed by atoms with Crippen molar-refractivity contribution in [1.82, 2.24) is 5.32 Å². The topological polar surface area (TPSA) is 103 Å². The van der Waals surface area contributed by atoms with Crippen LogP contribution >= 0.6 is 0 Å². The maximum Gasteiger partial charge on any atom is 0.328 e. The average molecular weight is 443 g/mol. The molecular weight excluding hydrogens is 412 g/mol. The molecule has 2 aromatic carbocycles. The molecule has 172 valence electrons. The second kappa shape index (κ2) is 12.3. The van der Waals surface area contributed by atoms with Gasteiger partial charge in [0.25, 0.3) is 0 Å². The molecule has 0 saturated heterocycles. The van der Waals surface area contributed by atoms with E-state index in [0.29, 0.717) is 23.6 Å². The van der Waals surface area contributed by atoms with Crippen LogP contribution in [0.2, 0.25) is 0 Å². The second-order valence-electron chi connectivity index (χ2n) is 7.46. The van der Waals surface area contributed by atoms with Crippen molar-refractivity contribution < 1.29 is 28.6 Å². The van der Waals surface area contributed by atoms with Gasteiger partial charge in [0.2, 0.25) is 11.8 Å². The Kier molecular flexibility index (Phi) is 9.53. The Morgan fingerprint density at radius 2 is 1.59 bits per heavy atom. The largest absolute Gasteiger partial charge is 0.497 e. The van der Waals surface area contributed by atoms with Crippen LogP contribution in [0, 0.1) is 5.92 Å². The maximum absolute atomic E-state index is 12.5. The Hall–Kier alpha value is -3.55. The van der Waals surface area contributed by atoms with E-state index in [1.54, 1.807) is 32.2 Å². The van der Waals surface area contributed by atoms with E-state index in [-0.39, 0.29) is 30.6 Å². The summed E-state index contributed by atoms with van der Waals surface area (Å²) in [5.41, 5.74) is 1.42. The minimum atomic E-state index is -0.792. The number of nitrogens with one attached hydrogen (secondary N) is 2. The summed E-state index contributed by atoms with van der Waals surface area (Å²) in [5, 5.41) is 5.51. The molecule has 2 atom stereocenters. The third kappa shape index (κ3) is 7.61. The number of anilines is 1. The molecule has 2 aromatic rings. The summed E-state index contributed by atoms with van der Waals surface area (Å²) in [6, 6.07) is 13.7. The van der Waals surface area contributed by atoms with Crippen LogP contribution in [0.25, 0.3) is 0 Å².